The van der Waals surface area contributed by atoms with E-state index < -0.39 is 6.10 Å². The summed E-state index contributed by atoms with van der Waals surface area (Å²) >= 11 is 0. The van der Waals surface area contributed by atoms with Crippen molar-refractivity contribution < 1.29 is 14.4 Å². The van der Waals surface area contributed by atoms with Gasteiger partial charge in [-0.25, -0.2) is 4.98 Å². The van der Waals surface area contributed by atoms with Crippen molar-refractivity contribution in [1.29, 1.82) is 0 Å². The molecule has 33 heavy (non-hydrogen) atoms. The Morgan fingerprint density at radius 3 is 2.70 bits per heavy atom. The minimum absolute atomic E-state index is 0.266. The Kier molecular flexibility index (Phi) is 6.29. The van der Waals surface area contributed by atoms with Gasteiger partial charge < -0.3 is 30.0 Å². The number of nitrogens with zero attached hydrogens (tertiary/aromatic N) is 3. The Balaban J connectivity index is 1.22. The van der Waals surface area contributed by atoms with Crippen LogP contribution in [0.3, 0.4) is 0 Å². The minimum atomic E-state index is -0.700. The van der Waals surface area contributed by atoms with Gasteiger partial charge in [0.1, 0.15) is 17.6 Å². The second-order valence-corrected chi connectivity index (χ2v) is 8.85. The Morgan fingerprint density at radius 2 is 2.03 bits per heavy atom. The number of nitrogens with one attached hydrogen (secondary N) is 1. The van der Waals surface area contributed by atoms with Gasteiger partial charge in [0.05, 0.1) is 25.3 Å². The van der Waals surface area contributed by atoms with Crippen molar-refractivity contribution in [3.05, 3.63) is 59.8 Å². The van der Waals surface area contributed by atoms with E-state index in [2.05, 4.69) is 27.3 Å². The highest BCUT2D eigenvalue weighted by Crippen LogP contribution is 2.29. The zero-order valence-electron chi connectivity index (χ0n) is 18.6. The van der Waals surface area contributed by atoms with Gasteiger partial charge in [0.2, 0.25) is 0 Å². The number of benzene rings is 1. The fourth-order valence-corrected chi connectivity index (χ4v) is 4.31. The number of hydrogen-bond donors (Lipinski definition) is 3. The van der Waals surface area contributed by atoms with Gasteiger partial charge in [0, 0.05) is 48.1 Å². The fraction of sp³-hybridized carbons (Fsp3) is 0.440. The van der Waals surface area contributed by atoms with E-state index >= 15 is 0 Å². The molecule has 2 aliphatic rings. The largest absolute Gasteiger partial charge is 0.385 e. The first kappa shape index (κ1) is 21.9. The zero-order valence-corrected chi connectivity index (χ0v) is 18.6. The third-order valence-corrected chi connectivity index (χ3v) is 6.34. The molecule has 8 heteroatoms. The van der Waals surface area contributed by atoms with Gasteiger partial charge >= 0.3 is 0 Å². The van der Waals surface area contributed by atoms with Crippen molar-refractivity contribution in [2.45, 2.75) is 44.0 Å². The van der Waals surface area contributed by atoms with Gasteiger partial charge in [-0.1, -0.05) is 17.0 Å². The molecule has 3 heterocycles. The van der Waals surface area contributed by atoms with Gasteiger partial charge in [-0.05, 0) is 44.0 Å². The highest BCUT2D eigenvalue weighted by atomic mass is 16.5. The molecule has 5 rings (SSSR count). The van der Waals surface area contributed by atoms with Gasteiger partial charge in [-0.2, -0.15) is 0 Å². The highest BCUT2D eigenvalue weighted by molar-refractivity contribution is 5.59. The van der Waals surface area contributed by atoms with Crippen LogP contribution < -0.4 is 11.1 Å². The van der Waals surface area contributed by atoms with Crippen LogP contribution in [0.4, 0.5) is 0 Å². The lowest BCUT2D eigenvalue weighted by atomic mass is 9.80. The summed E-state index contributed by atoms with van der Waals surface area (Å²) in [5.41, 5.74) is 8.62. The topological polar surface area (TPSA) is 111 Å². The monoisotopic (exact) mass is 447 g/mol. The summed E-state index contributed by atoms with van der Waals surface area (Å²) in [7, 11) is 0. The van der Waals surface area contributed by atoms with Gasteiger partial charge in [0.15, 0.2) is 5.76 Å². The molecular formula is C25H29N5O3. The predicted octanol–water partition coefficient (Wildman–Crippen LogP) is 2.26. The molecule has 1 aliphatic heterocycles. The van der Waals surface area contributed by atoms with Crippen LogP contribution in [-0.2, 0) is 4.74 Å². The van der Waals surface area contributed by atoms with Crippen molar-refractivity contribution >= 4 is 0 Å². The molecule has 0 amide bonds. The zero-order chi connectivity index (χ0) is 22.8. The van der Waals surface area contributed by atoms with Crippen molar-refractivity contribution in [3.63, 3.8) is 0 Å². The molecular weight excluding hydrogens is 418 g/mol. The Labute approximate surface area is 193 Å². The Hall–Kier alpha value is -2.96. The molecule has 0 spiro atoms. The molecule has 2 atom stereocenters. The van der Waals surface area contributed by atoms with Gasteiger partial charge in [-0.3, -0.25) is 0 Å². The third kappa shape index (κ3) is 4.72. The SMILES string of the molecule is CC(O)c1nccn1C(CN)c1cc(-c2ccc(C#CC3CC(NC4COC4)C3)cc2)on1. The molecule has 8 nitrogen and oxygen atoms in total. The maximum Gasteiger partial charge on any atom is 0.167 e. The second kappa shape index (κ2) is 9.49. The molecule has 1 aromatic carbocycles. The lowest BCUT2D eigenvalue weighted by molar-refractivity contribution is -0.0163. The fourth-order valence-electron chi connectivity index (χ4n) is 4.31. The average molecular weight is 448 g/mol. The van der Waals surface area contributed by atoms with Crippen LogP contribution in [0.25, 0.3) is 11.3 Å². The maximum atomic E-state index is 9.96. The second-order valence-electron chi connectivity index (χ2n) is 8.85. The summed E-state index contributed by atoms with van der Waals surface area (Å²) in [4.78, 5) is 4.23. The summed E-state index contributed by atoms with van der Waals surface area (Å²) in [6.45, 7) is 3.66. The number of aromatic nitrogens is 3. The Morgan fingerprint density at radius 1 is 1.24 bits per heavy atom. The van der Waals surface area contributed by atoms with Crippen LogP contribution in [-0.4, -0.2) is 51.7 Å². The Bertz CT molecular complexity index is 1130. The van der Waals surface area contributed by atoms with Crippen LogP contribution >= 0.6 is 0 Å². The van der Waals surface area contributed by atoms with E-state index in [0.29, 0.717) is 41.8 Å². The van der Waals surface area contributed by atoms with Gasteiger partial charge in [0.25, 0.3) is 0 Å². The summed E-state index contributed by atoms with van der Waals surface area (Å²) < 4.78 is 12.6. The molecule has 0 bridgehead atoms. The first-order valence-corrected chi connectivity index (χ1v) is 11.4. The number of aliphatic hydroxyl groups excluding tert-OH is 1. The van der Waals surface area contributed by atoms with Crippen LogP contribution in [0.15, 0.2) is 47.2 Å². The number of imidazole rings is 1. The van der Waals surface area contributed by atoms with E-state index in [1.807, 2.05) is 34.9 Å². The molecule has 1 aliphatic carbocycles. The van der Waals surface area contributed by atoms with Crippen LogP contribution in [0.2, 0.25) is 0 Å². The van der Waals surface area contributed by atoms with Crippen LogP contribution in [0.5, 0.6) is 0 Å². The highest BCUT2D eigenvalue weighted by Gasteiger charge is 2.31. The van der Waals surface area contributed by atoms with E-state index in [0.717, 1.165) is 37.2 Å². The first-order valence-electron chi connectivity index (χ1n) is 11.4. The molecule has 0 radical (unpaired) electrons. The quantitative estimate of drug-likeness (QED) is 0.476. The average Bonchev–Trinajstić information content (AvgIpc) is 3.43. The first-order chi connectivity index (χ1) is 16.1. The summed E-state index contributed by atoms with van der Waals surface area (Å²) in [6.07, 6.45) is 4.96. The van der Waals surface area contributed by atoms with Crippen molar-refractivity contribution in [1.82, 2.24) is 20.0 Å². The lowest BCUT2D eigenvalue weighted by Crippen LogP contribution is -2.54. The molecule has 1 saturated heterocycles. The summed E-state index contributed by atoms with van der Waals surface area (Å²) in [5.74, 6) is 8.35. The summed E-state index contributed by atoms with van der Waals surface area (Å²) in [6, 6.07) is 10.7. The smallest absolute Gasteiger partial charge is 0.167 e. The van der Waals surface area contributed by atoms with Crippen molar-refractivity contribution in [2.24, 2.45) is 11.7 Å². The van der Waals surface area contributed by atoms with Gasteiger partial charge in [-0.15, -0.1) is 0 Å². The lowest BCUT2D eigenvalue weighted by Gasteiger charge is -2.38. The normalized spacial score (nSPS) is 22.0. The number of rotatable bonds is 7. The van der Waals surface area contributed by atoms with E-state index in [1.54, 1.807) is 19.3 Å². The molecule has 1 saturated carbocycles. The number of hydrogen-bond acceptors (Lipinski definition) is 7. The number of nitrogens with two attached hydrogens (primary N) is 1. The van der Waals surface area contributed by atoms with Crippen molar-refractivity contribution in [3.8, 4) is 23.2 Å². The van der Waals surface area contributed by atoms with E-state index in [4.69, 9.17) is 15.0 Å². The predicted molar refractivity (Wildman–Crippen MR) is 123 cm³/mol. The molecule has 2 unspecified atom stereocenters. The number of ether oxygens (including phenoxy) is 1. The minimum Gasteiger partial charge on any atom is -0.385 e. The molecule has 3 aromatic rings. The molecule has 2 aromatic heterocycles. The molecule has 172 valence electrons. The number of aliphatic hydroxyl groups is 1. The van der Waals surface area contributed by atoms with E-state index in [1.165, 1.54) is 0 Å². The third-order valence-electron chi connectivity index (χ3n) is 6.34. The molecule has 4 N–H and O–H groups in total. The van der Waals surface area contributed by atoms with E-state index in [9.17, 15) is 5.11 Å². The van der Waals surface area contributed by atoms with Crippen LogP contribution in [0, 0.1) is 17.8 Å². The standard InChI is InChI=1S/C25H29N5O3/c1-16(31)25-27-8-9-30(25)23(13-26)22-12-24(33-29-22)19-6-4-17(5-7-19)2-3-18-10-20(11-18)28-21-14-32-15-21/h4-9,12,16,18,20-21,23,28,31H,10-11,13-15,26H2,1H3. The van der Waals surface area contributed by atoms with Crippen molar-refractivity contribution in [2.75, 3.05) is 19.8 Å². The van der Waals surface area contributed by atoms with E-state index in [-0.39, 0.29) is 6.04 Å². The summed E-state index contributed by atoms with van der Waals surface area (Å²) in [5, 5.41) is 17.8. The maximum absolute atomic E-state index is 9.96. The van der Waals surface area contributed by atoms with Crippen LogP contribution in [0.1, 0.15) is 49.0 Å². The molecule has 2 fully saturated rings.